The minimum atomic E-state index is 0.855. The maximum Gasteiger partial charge on any atom is 0.0662 e. The van der Waals surface area contributed by atoms with E-state index in [2.05, 4.69) is 59.3 Å². The van der Waals surface area contributed by atoms with Crippen molar-refractivity contribution in [1.29, 1.82) is 0 Å². The van der Waals surface area contributed by atoms with Crippen LogP contribution < -0.4 is 5.32 Å². The molecule has 0 spiro atoms. The second kappa shape index (κ2) is 7.25. The summed E-state index contributed by atoms with van der Waals surface area (Å²) < 4.78 is 2.06. The first-order chi connectivity index (χ1) is 9.69. The minimum absolute atomic E-state index is 0.855. The predicted octanol–water partition coefficient (Wildman–Crippen LogP) is 3.09. The summed E-state index contributed by atoms with van der Waals surface area (Å²) in [5, 5.41) is 7.94. The van der Waals surface area contributed by atoms with Crippen LogP contribution in [0.1, 0.15) is 35.9 Å². The van der Waals surface area contributed by atoms with Gasteiger partial charge in [-0.3, -0.25) is 4.68 Å². The first-order valence-electron chi connectivity index (χ1n) is 7.48. The average Bonchev–Trinajstić information content (AvgIpc) is 2.75. The fourth-order valence-corrected chi connectivity index (χ4v) is 2.35. The maximum atomic E-state index is 4.50. The van der Waals surface area contributed by atoms with Gasteiger partial charge in [0.2, 0.25) is 0 Å². The topological polar surface area (TPSA) is 29.9 Å². The normalized spacial score (nSPS) is 10.9. The van der Waals surface area contributed by atoms with Gasteiger partial charge in [-0.25, -0.2) is 0 Å². The number of nitrogens with zero attached hydrogens (tertiary/aromatic N) is 2. The molecule has 0 unspecified atom stereocenters. The van der Waals surface area contributed by atoms with Gasteiger partial charge in [0.25, 0.3) is 0 Å². The van der Waals surface area contributed by atoms with E-state index in [0.29, 0.717) is 0 Å². The highest BCUT2D eigenvalue weighted by Gasteiger charge is 2.02. The quantitative estimate of drug-likeness (QED) is 0.784. The lowest BCUT2D eigenvalue weighted by Gasteiger charge is -2.07. The smallest absolute Gasteiger partial charge is 0.0662 e. The average molecular weight is 271 g/mol. The molecule has 0 aliphatic rings. The Bertz CT molecular complexity index is 526. The molecule has 0 aliphatic heterocycles. The van der Waals surface area contributed by atoms with Crippen molar-refractivity contribution in [3.63, 3.8) is 0 Å². The molecule has 1 aromatic heterocycles. The van der Waals surface area contributed by atoms with E-state index in [0.717, 1.165) is 31.7 Å². The van der Waals surface area contributed by atoms with E-state index in [4.69, 9.17) is 0 Å². The van der Waals surface area contributed by atoms with Gasteiger partial charge in [0.1, 0.15) is 0 Å². The lowest BCUT2D eigenvalue weighted by Crippen LogP contribution is -2.17. The van der Waals surface area contributed by atoms with E-state index in [-0.39, 0.29) is 0 Å². The molecule has 0 bridgehead atoms. The van der Waals surface area contributed by atoms with Crippen molar-refractivity contribution in [2.75, 3.05) is 13.1 Å². The van der Waals surface area contributed by atoms with Crippen molar-refractivity contribution in [3.8, 4) is 0 Å². The highest BCUT2D eigenvalue weighted by atomic mass is 15.3. The Morgan fingerprint density at radius 3 is 2.35 bits per heavy atom. The van der Waals surface area contributed by atoms with Crippen LogP contribution in [0, 0.1) is 13.8 Å². The number of benzene rings is 1. The molecule has 0 fully saturated rings. The monoisotopic (exact) mass is 271 g/mol. The second-order valence-corrected chi connectivity index (χ2v) is 5.40. The minimum Gasteiger partial charge on any atom is -0.316 e. The van der Waals surface area contributed by atoms with Gasteiger partial charge in [-0.1, -0.05) is 31.2 Å². The Balaban J connectivity index is 1.89. The molecule has 0 amide bonds. The summed E-state index contributed by atoms with van der Waals surface area (Å²) >= 11 is 0. The van der Waals surface area contributed by atoms with Crippen molar-refractivity contribution in [1.82, 2.24) is 15.1 Å². The number of rotatable bonds is 7. The number of aromatic nitrogens is 2. The molecule has 2 rings (SSSR count). The molecule has 0 saturated carbocycles. The first kappa shape index (κ1) is 14.8. The van der Waals surface area contributed by atoms with Gasteiger partial charge in [-0.15, -0.1) is 0 Å². The van der Waals surface area contributed by atoms with E-state index < -0.39 is 0 Å². The van der Waals surface area contributed by atoms with E-state index in [9.17, 15) is 0 Å². The predicted molar refractivity (Wildman–Crippen MR) is 84.1 cm³/mol. The molecule has 1 heterocycles. The Morgan fingerprint density at radius 2 is 1.75 bits per heavy atom. The summed E-state index contributed by atoms with van der Waals surface area (Å²) in [6.07, 6.45) is 2.29. The maximum absolute atomic E-state index is 4.50. The largest absolute Gasteiger partial charge is 0.316 e. The standard InChI is InChI=1S/C17H25N3/c1-4-10-18-11-9-16-5-7-17(8-6-16)13-20-15(3)12-14(2)19-20/h5-8,12,18H,4,9-11,13H2,1-3H3. The molecule has 0 saturated heterocycles. The molecular weight excluding hydrogens is 246 g/mol. The van der Waals surface area contributed by atoms with Crippen LogP contribution >= 0.6 is 0 Å². The van der Waals surface area contributed by atoms with Crippen LogP contribution in [0.3, 0.4) is 0 Å². The number of aryl methyl sites for hydroxylation is 2. The molecule has 3 heteroatoms. The summed E-state index contributed by atoms with van der Waals surface area (Å²) in [6.45, 7) is 9.36. The van der Waals surface area contributed by atoms with Gasteiger partial charge in [0.05, 0.1) is 12.2 Å². The van der Waals surface area contributed by atoms with Gasteiger partial charge < -0.3 is 5.32 Å². The molecule has 2 aromatic rings. The number of hydrogen-bond donors (Lipinski definition) is 1. The summed E-state index contributed by atoms with van der Waals surface area (Å²) in [4.78, 5) is 0. The molecule has 1 N–H and O–H groups in total. The van der Waals surface area contributed by atoms with Gasteiger partial charge in [-0.05, 0) is 57.0 Å². The van der Waals surface area contributed by atoms with Gasteiger partial charge in [0, 0.05) is 5.69 Å². The third kappa shape index (κ3) is 4.20. The van der Waals surface area contributed by atoms with Crippen molar-refractivity contribution in [3.05, 3.63) is 52.8 Å². The molecule has 0 atom stereocenters. The summed E-state index contributed by atoms with van der Waals surface area (Å²) in [6, 6.07) is 11.0. The van der Waals surface area contributed by atoms with Crippen LogP contribution in [0.15, 0.2) is 30.3 Å². The fraction of sp³-hybridized carbons (Fsp3) is 0.471. The lowest BCUT2D eigenvalue weighted by molar-refractivity contribution is 0.657. The van der Waals surface area contributed by atoms with Crippen LogP contribution in [-0.4, -0.2) is 22.9 Å². The first-order valence-corrected chi connectivity index (χ1v) is 7.48. The molecule has 0 radical (unpaired) electrons. The van der Waals surface area contributed by atoms with Gasteiger partial charge >= 0.3 is 0 Å². The van der Waals surface area contributed by atoms with Crippen molar-refractivity contribution in [2.45, 2.75) is 40.2 Å². The highest BCUT2D eigenvalue weighted by molar-refractivity contribution is 5.23. The van der Waals surface area contributed by atoms with Crippen LogP contribution in [0.5, 0.6) is 0 Å². The summed E-state index contributed by atoms with van der Waals surface area (Å²) in [5.41, 5.74) is 5.00. The highest BCUT2D eigenvalue weighted by Crippen LogP contribution is 2.09. The SMILES string of the molecule is CCCNCCc1ccc(Cn2nc(C)cc2C)cc1. The lowest BCUT2D eigenvalue weighted by atomic mass is 10.1. The van der Waals surface area contributed by atoms with Crippen LogP contribution in [0.2, 0.25) is 0 Å². The van der Waals surface area contributed by atoms with Crippen molar-refractivity contribution >= 4 is 0 Å². The van der Waals surface area contributed by atoms with Crippen LogP contribution in [-0.2, 0) is 13.0 Å². The summed E-state index contributed by atoms with van der Waals surface area (Å²) in [5.74, 6) is 0. The molecular formula is C17H25N3. The van der Waals surface area contributed by atoms with Gasteiger partial charge in [-0.2, -0.15) is 5.10 Å². The molecule has 20 heavy (non-hydrogen) atoms. The Kier molecular flexibility index (Phi) is 5.36. The Hall–Kier alpha value is -1.61. The fourth-order valence-electron chi connectivity index (χ4n) is 2.35. The number of nitrogens with one attached hydrogen (secondary N) is 1. The van der Waals surface area contributed by atoms with E-state index >= 15 is 0 Å². The third-order valence-corrected chi connectivity index (χ3v) is 3.48. The summed E-state index contributed by atoms with van der Waals surface area (Å²) in [7, 11) is 0. The Morgan fingerprint density at radius 1 is 1.05 bits per heavy atom. The van der Waals surface area contributed by atoms with E-state index in [1.54, 1.807) is 0 Å². The molecule has 0 aliphatic carbocycles. The van der Waals surface area contributed by atoms with Crippen molar-refractivity contribution in [2.24, 2.45) is 0 Å². The zero-order valence-electron chi connectivity index (χ0n) is 12.8. The van der Waals surface area contributed by atoms with Crippen LogP contribution in [0.4, 0.5) is 0 Å². The Labute approximate surface area is 122 Å². The molecule has 1 aromatic carbocycles. The molecule has 3 nitrogen and oxygen atoms in total. The van der Waals surface area contributed by atoms with Crippen LogP contribution in [0.25, 0.3) is 0 Å². The van der Waals surface area contributed by atoms with Gasteiger partial charge in [0.15, 0.2) is 0 Å². The second-order valence-electron chi connectivity index (χ2n) is 5.40. The van der Waals surface area contributed by atoms with E-state index in [1.807, 2.05) is 6.92 Å². The third-order valence-electron chi connectivity index (χ3n) is 3.48. The zero-order chi connectivity index (χ0) is 14.4. The molecule has 108 valence electrons. The van der Waals surface area contributed by atoms with E-state index in [1.165, 1.54) is 23.2 Å². The number of hydrogen-bond acceptors (Lipinski definition) is 2. The zero-order valence-corrected chi connectivity index (χ0v) is 12.8. The van der Waals surface area contributed by atoms with Crippen molar-refractivity contribution < 1.29 is 0 Å².